The molecule has 2 rings (SSSR count). The molecule has 3 heteroatoms. The lowest BCUT2D eigenvalue weighted by molar-refractivity contribution is 0.313. The quantitative estimate of drug-likeness (QED) is 0.870. The van der Waals surface area contributed by atoms with Crippen LogP contribution < -0.4 is 14.8 Å². The molecule has 0 aliphatic carbocycles. The molecule has 18 heavy (non-hydrogen) atoms. The Morgan fingerprint density at radius 2 is 1.89 bits per heavy atom. The van der Waals surface area contributed by atoms with Crippen molar-refractivity contribution in [3.05, 3.63) is 23.8 Å². The van der Waals surface area contributed by atoms with Crippen molar-refractivity contribution in [2.24, 2.45) is 0 Å². The van der Waals surface area contributed by atoms with Gasteiger partial charge in [-0.3, -0.25) is 0 Å². The molecule has 1 aliphatic heterocycles. The summed E-state index contributed by atoms with van der Waals surface area (Å²) in [5, 5.41) is 3.40. The van der Waals surface area contributed by atoms with E-state index in [-0.39, 0.29) is 0 Å². The molecule has 1 saturated heterocycles. The maximum Gasteiger partial charge on any atom is 0.123 e. The second-order valence-electron chi connectivity index (χ2n) is 4.81. The van der Waals surface area contributed by atoms with Gasteiger partial charge in [-0.15, -0.1) is 0 Å². The molecule has 0 atom stereocenters. The first-order valence-corrected chi connectivity index (χ1v) is 6.86. The maximum absolute atomic E-state index is 5.73. The highest BCUT2D eigenvalue weighted by atomic mass is 16.5. The highest BCUT2D eigenvalue weighted by molar-refractivity contribution is 5.40. The van der Waals surface area contributed by atoms with Crippen LogP contribution in [0.5, 0.6) is 11.5 Å². The summed E-state index contributed by atoms with van der Waals surface area (Å²) in [6.45, 7) is 5.09. The number of methoxy groups -OCH3 is 1. The number of piperidine rings is 1. The Hall–Kier alpha value is -1.22. The van der Waals surface area contributed by atoms with E-state index < -0.39 is 0 Å². The number of hydrogen-bond donors (Lipinski definition) is 1. The van der Waals surface area contributed by atoms with E-state index in [0.29, 0.717) is 5.92 Å². The van der Waals surface area contributed by atoms with Crippen molar-refractivity contribution in [1.29, 1.82) is 0 Å². The minimum Gasteiger partial charge on any atom is -0.497 e. The Morgan fingerprint density at radius 1 is 1.17 bits per heavy atom. The fourth-order valence-electron chi connectivity index (χ4n) is 2.41. The average Bonchev–Trinajstić information content (AvgIpc) is 2.45. The second kappa shape index (κ2) is 6.64. The lowest BCUT2D eigenvalue weighted by Gasteiger charge is -2.24. The summed E-state index contributed by atoms with van der Waals surface area (Å²) >= 11 is 0. The standard InChI is InChI=1S/C15H23NO2/c1-3-8-18-15-10-13(9-14(11-15)17-2)12-4-6-16-7-5-12/h9-12,16H,3-8H2,1-2H3. The van der Waals surface area contributed by atoms with E-state index in [4.69, 9.17) is 9.47 Å². The third-order valence-corrected chi connectivity index (χ3v) is 3.42. The molecular formula is C15H23NO2. The largest absolute Gasteiger partial charge is 0.497 e. The molecule has 0 spiro atoms. The Morgan fingerprint density at radius 3 is 2.56 bits per heavy atom. The minimum atomic E-state index is 0.630. The third kappa shape index (κ3) is 3.39. The third-order valence-electron chi connectivity index (χ3n) is 3.42. The van der Waals surface area contributed by atoms with Crippen LogP contribution in [0.1, 0.15) is 37.7 Å². The van der Waals surface area contributed by atoms with Gasteiger partial charge in [0.05, 0.1) is 13.7 Å². The highest BCUT2D eigenvalue weighted by Crippen LogP contribution is 2.32. The zero-order valence-corrected chi connectivity index (χ0v) is 11.4. The molecule has 0 saturated carbocycles. The molecule has 100 valence electrons. The van der Waals surface area contributed by atoms with Crippen LogP contribution in [0.2, 0.25) is 0 Å². The predicted octanol–water partition coefficient (Wildman–Crippen LogP) is 2.95. The lowest BCUT2D eigenvalue weighted by atomic mass is 9.90. The van der Waals surface area contributed by atoms with Gasteiger partial charge in [0.15, 0.2) is 0 Å². The molecule has 0 aromatic heterocycles. The molecular weight excluding hydrogens is 226 g/mol. The van der Waals surface area contributed by atoms with E-state index >= 15 is 0 Å². The Labute approximate surface area is 109 Å². The summed E-state index contributed by atoms with van der Waals surface area (Å²) in [4.78, 5) is 0. The van der Waals surface area contributed by atoms with Gasteiger partial charge in [0, 0.05) is 6.07 Å². The number of ether oxygens (including phenoxy) is 2. The van der Waals surface area contributed by atoms with Crippen LogP contribution in [-0.2, 0) is 0 Å². The number of benzene rings is 1. The van der Waals surface area contributed by atoms with E-state index in [2.05, 4.69) is 24.4 Å². The average molecular weight is 249 g/mol. The first kappa shape index (κ1) is 13.2. The zero-order chi connectivity index (χ0) is 12.8. The van der Waals surface area contributed by atoms with E-state index in [1.807, 2.05) is 6.07 Å². The van der Waals surface area contributed by atoms with Gasteiger partial charge in [0.1, 0.15) is 11.5 Å². The van der Waals surface area contributed by atoms with E-state index in [1.54, 1.807) is 7.11 Å². The van der Waals surface area contributed by atoms with Crippen LogP contribution in [0.3, 0.4) is 0 Å². The summed E-state index contributed by atoms with van der Waals surface area (Å²) in [6.07, 6.45) is 3.42. The molecule has 1 aliphatic rings. The van der Waals surface area contributed by atoms with Crippen LogP contribution in [0.25, 0.3) is 0 Å². The summed E-state index contributed by atoms with van der Waals surface area (Å²) in [5.41, 5.74) is 1.35. The Balaban J connectivity index is 2.16. The summed E-state index contributed by atoms with van der Waals surface area (Å²) in [5.74, 6) is 2.46. The van der Waals surface area contributed by atoms with Crippen molar-refractivity contribution >= 4 is 0 Å². The van der Waals surface area contributed by atoms with Crippen molar-refractivity contribution in [2.45, 2.75) is 32.1 Å². The Kier molecular flexibility index (Phi) is 4.88. The molecule has 1 N–H and O–H groups in total. The molecule has 0 unspecified atom stereocenters. The van der Waals surface area contributed by atoms with Crippen LogP contribution >= 0.6 is 0 Å². The summed E-state index contributed by atoms with van der Waals surface area (Å²) in [6, 6.07) is 6.29. The molecule has 1 aromatic carbocycles. The van der Waals surface area contributed by atoms with Gasteiger partial charge >= 0.3 is 0 Å². The first-order chi connectivity index (χ1) is 8.83. The lowest BCUT2D eigenvalue weighted by Crippen LogP contribution is -2.26. The molecule has 1 heterocycles. The van der Waals surface area contributed by atoms with Crippen molar-refractivity contribution in [1.82, 2.24) is 5.32 Å². The van der Waals surface area contributed by atoms with E-state index in [0.717, 1.165) is 37.6 Å². The number of hydrogen-bond acceptors (Lipinski definition) is 3. The van der Waals surface area contributed by atoms with Gasteiger partial charge < -0.3 is 14.8 Å². The van der Waals surface area contributed by atoms with Crippen LogP contribution in [0.15, 0.2) is 18.2 Å². The van der Waals surface area contributed by atoms with Gasteiger partial charge in [0.25, 0.3) is 0 Å². The zero-order valence-electron chi connectivity index (χ0n) is 11.4. The van der Waals surface area contributed by atoms with Crippen molar-refractivity contribution in [3.63, 3.8) is 0 Å². The van der Waals surface area contributed by atoms with Gasteiger partial charge in [-0.25, -0.2) is 0 Å². The second-order valence-corrected chi connectivity index (χ2v) is 4.81. The minimum absolute atomic E-state index is 0.630. The maximum atomic E-state index is 5.73. The summed E-state index contributed by atoms with van der Waals surface area (Å²) < 4.78 is 11.1. The fraction of sp³-hybridized carbons (Fsp3) is 0.600. The molecule has 3 nitrogen and oxygen atoms in total. The van der Waals surface area contributed by atoms with Crippen molar-refractivity contribution in [2.75, 3.05) is 26.8 Å². The molecule has 0 amide bonds. The van der Waals surface area contributed by atoms with Crippen LogP contribution in [0.4, 0.5) is 0 Å². The smallest absolute Gasteiger partial charge is 0.123 e. The SMILES string of the molecule is CCCOc1cc(OC)cc(C2CCNCC2)c1. The molecule has 1 aromatic rings. The normalized spacial score (nSPS) is 16.6. The summed E-state index contributed by atoms with van der Waals surface area (Å²) in [7, 11) is 1.71. The van der Waals surface area contributed by atoms with Gasteiger partial charge in [-0.2, -0.15) is 0 Å². The Bertz CT molecular complexity index is 373. The van der Waals surface area contributed by atoms with E-state index in [1.165, 1.54) is 18.4 Å². The molecule has 0 radical (unpaired) electrons. The van der Waals surface area contributed by atoms with Gasteiger partial charge in [0.2, 0.25) is 0 Å². The van der Waals surface area contributed by atoms with Gasteiger partial charge in [-0.05, 0) is 56.0 Å². The highest BCUT2D eigenvalue weighted by Gasteiger charge is 2.16. The van der Waals surface area contributed by atoms with Crippen LogP contribution in [0, 0.1) is 0 Å². The topological polar surface area (TPSA) is 30.5 Å². The van der Waals surface area contributed by atoms with Gasteiger partial charge in [-0.1, -0.05) is 6.92 Å². The van der Waals surface area contributed by atoms with E-state index in [9.17, 15) is 0 Å². The number of nitrogens with one attached hydrogen (secondary N) is 1. The molecule has 0 bridgehead atoms. The molecule has 1 fully saturated rings. The number of rotatable bonds is 5. The van der Waals surface area contributed by atoms with Crippen LogP contribution in [-0.4, -0.2) is 26.8 Å². The first-order valence-electron chi connectivity index (χ1n) is 6.86. The predicted molar refractivity (Wildman–Crippen MR) is 73.6 cm³/mol. The van der Waals surface area contributed by atoms with Crippen molar-refractivity contribution < 1.29 is 9.47 Å². The monoisotopic (exact) mass is 249 g/mol. The fourth-order valence-corrected chi connectivity index (χ4v) is 2.41. The van der Waals surface area contributed by atoms with Crippen molar-refractivity contribution in [3.8, 4) is 11.5 Å².